The Morgan fingerprint density at radius 2 is 2.00 bits per heavy atom. The van der Waals surface area contributed by atoms with Gasteiger partial charge < -0.3 is 10.5 Å². The molecule has 114 valence electrons. The number of para-hydroxylation sites is 1. The van der Waals surface area contributed by atoms with Gasteiger partial charge in [-0.15, -0.1) is 11.3 Å². The molecule has 0 saturated heterocycles. The molecule has 0 atom stereocenters. The quantitative estimate of drug-likeness (QED) is 0.761. The molecule has 7 heteroatoms. The summed E-state index contributed by atoms with van der Waals surface area (Å²) < 4.78 is 32.6. The second-order valence-electron chi connectivity index (χ2n) is 4.43. The molecular formula is C14H18N2O3S2. The van der Waals surface area contributed by atoms with Crippen molar-refractivity contribution in [3.05, 3.63) is 46.2 Å². The zero-order valence-electron chi connectivity index (χ0n) is 11.7. The van der Waals surface area contributed by atoms with E-state index in [0.717, 1.165) is 5.56 Å². The fourth-order valence-electron chi connectivity index (χ4n) is 1.92. The second kappa shape index (κ2) is 7.04. The molecule has 2 aromatic rings. The number of ether oxygens (including phenoxy) is 1. The minimum atomic E-state index is -3.54. The molecule has 0 fully saturated rings. The first kappa shape index (κ1) is 16.0. The first-order chi connectivity index (χ1) is 10.0. The number of rotatable bonds is 7. The van der Waals surface area contributed by atoms with Gasteiger partial charge in [0.25, 0.3) is 0 Å². The molecule has 0 aliphatic carbocycles. The number of aryl methyl sites for hydroxylation is 1. The highest BCUT2D eigenvalue weighted by atomic mass is 32.2. The van der Waals surface area contributed by atoms with Crippen molar-refractivity contribution in [2.75, 3.05) is 13.2 Å². The van der Waals surface area contributed by atoms with Crippen molar-refractivity contribution in [3.8, 4) is 5.75 Å². The molecule has 1 aromatic carbocycles. The average Bonchev–Trinajstić information content (AvgIpc) is 2.86. The van der Waals surface area contributed by atoms with Crippen LogP contribution in [0.15, 0.2) is 40.6 Å². The van der Waals surface area contributed by atoms with Gasteiger partial charge in [0.15, 0.2) is 0 Å². The Morgan fingerprint density at radius 3 is 2.67 bits per heavy atom. The van der Waals surface area contributed by atoms with Crippen LogP contribution in [0.25, 0.3) is 0 Å². The highest BCUT2D eigenvalue weighted by Gasteiger charge is 2.21. The van der Waals surface area contributed by atoms with Crippen molar-refractivity contribution in [3.63, 3.8) is 0 Å². The molecule has 0 aliphatic rings. The van der Waals surface area contributed by atoms with E-state index in [0.29, 0.717) is 15.5 Å². The normalized spacial score (nSPS) is 11.5. The van der Waals surface area contributed by atoms with E-state index < -0.39 is 10.0 Å². The van der Waals surface area contributed by atoms with Crippen molar-refractivity contribution >= 4 is 21.4 Å². The number of hydrogen-bond acceptors (Lipinski definition) is 5. The predicted molar refractivity (Wildman–Crippen MR) is 84.1 cm³/mol. The van der Waals surface area contributed by atoms with Gasteiger partial charge in [0.05, 0.1) is 0 Å². The van der Waals surface area contributed by atoms with E-state index in [1.807, 2.05) is 30.3 Å². The molecule has 0 spiro atoms. The summed E-state index contributed by atoms with van der Waals surface area (Å²) in [4.78, 5) is 0.971. The van der Waals surface area contributed by atoms with Crippen LogP contribution in [0.2, 0.25) is 0 Å². The van der Waals surface area contributed by atoms with Crippen LogP contribution in [0.4, 0.5) is 0 Å². The number of thiophene rings is 1. The van der Waals surface area contributed by atoms with Gasteiger partial charge in [0, 0.05) is 18.0 Å². The standard InChI is InChI=1S/C14H18N2O3S2/c1-11-10-20-13(9-15)14(11)21(17,18)16-7-8-19-12-5-3-2-4-6-12/h2-6,10,16H,7-9,15H2,1H3. The molecule has 0 bridgehead atoms. The van der Waals surface area contributed by atoms with Crippen LogP contribution in [-0.4, -0.2) is 21.6 Å². The smallest absolute Gasteiger partial charge is 0.242 e. The number of nitrogens with one attached hydrogen (secondary N) is 1. The summed E-state index contributed by atoms with van der Waals surface area (Å²) in [6, 6.07) is 9.26. The molecule has 5 nitrogen and oxygen atoms in total. The van der Waals surface area contributed by atoms with Crippen molar-refractivity contribution in [2.45, 2.75) is 18.4 Å². The maximum absolute atomic E-state index is 12.3. The largest absolute Gasteiger partial charge is 0.492 e. The Labute approximate surface area is 128 Å². The Balaban J connectivity index is 1.94. The summed E-state index contributed by atoms with van der Waals surface area (Å²) >= 11 is 1.36. The molecular weight excluding hydrogens is 308 g/mol. The fourth-order valence-corrected chi connectivity index (χ4v) is 4.63. The van der Waals surface area contributed by atoms with Crippen LogP contribution in [0.1, 0.15) is 10.4 Å². The third-order valence-corrected chi connectivity index (χ3v) is 5.80. The Bertz CT molecular complexity index is 681. The van der Waals surface area contributed by atoms with Gasteiger partial charge in [-0.3, -0.25) is 0 Å². The van der Waals surface area contributed by atoms with E-state index in [1.54, 1.807) is 12.3 Å². The maximum Gasteiger partial charge on any atom is 0.242 e. The van der Waals surface area contributed by atoms with Crippen molar-refractivity contribution in [1.29, 1.82) is 0 Å². The van der Waals surface area contributed by atoms with Gasteiger partial charge in [-0.05, 0) is 30.0 Å². The lowest BCUT2D eigenvalue weighted by atomic mass is 10.3. The third-order valence-electron chi connectivity index (χ3n) is 2.85. The summed E-state index contributed by atoms with van der Waals surface area (Å²) in [5, 5.41) is 1.80. The lowest BCUT2D eigenvalue weighted by Crippen LogP contribution is -2.29. The number of benzene rings is 1. The molecule has 2 rings (SSSR count). The summed E-state index contributed by atoms with van der Waals surface area (Å²) in [7, 11) is -3.54. The summed E-state index contributed by atoms with van der Waals surface area (Å²) in [5.74, 6) is 0.714. The van der Waals surface area contributed by atoms with E-state index in [4.69, 9.17) is 10.5 Å². The van der Waals surface area contributed by atoms with Crippen LogP contribution in [0, 0.1) is 6.92 Å². The van der Waals surface area contributed by atoms with E-state index in [9.17, 15) is 8.42 Å². The highest BCUT2D eigenvalue weighted by Crippen LogP contribution is 2.26. The minimum Gasteiger partial charge on any atom is -0.492 e. The first-order valence-corrected chi connectivity index (χ1v) is 8.85. The summed E-state index contributed by atoms with van der Waals surface area (Å²) in [6.45, 7) is 2.46. The Kier molecular flexibility index (Phi) is 5.35. The van der Waals surface area contributed by atoms with Crippen molar-refractivity contribution in [2.24, 2.45) is 5.73 Å². The summed E-state index contributed by atoms with van der Waals surface area (Å²) in [6.07, 6.45) is 0. The maximum atomic E-state index is 12.3. The SMILES string of the molecule is Cc1csc(CN)c1S(=O)(=O)NCCOc1ccccc1. The molecule has 0 saturated carbocycles. The molecule has 1 heterocycles. The molecule has 0 aliphatic heterocycles. The van der Waals surface area contributed by atoms with Crippen LogP contribution in [0.5, 0.6) is 5.75 Å². The molecule has 0 radical (unpaired) electrons. The van der Waals surface area contributed by atoms with E-state index >= 15 is 0 Å². The van der Waals surface area contributed by atoms with E-state index in [1.165, 1.54) is 11.3 Å². The van der Waals surface area contributed by atoms with Crippen molar-refractivity contribution < 1.29 is 13.2 Å². The zero-order chi connectivity index (χ0) is 15.3. The van der Waals surface area contributed by atoms with Gasteiger partial charge in [-0.1, -0.05) is 18.2 Å². The van der Waals surface area contributed by atoms with E-state index in [-0.39, 0.29) is 19.7 Å². The highest BCUT2D eigenvalue weighted by molar-refractivity contribution is 7.89. The molecule has 1 aromatic heterocycles. The molecule has 0 unspecified atom stereocenters. The van der Waals surface area contributed by atoms with Gasteiger partial charge in [0.2, 0.25) is 10.0 Å². The van der Waals surface area contributed by atoms with Gasteiger partial charge in [-0.25, -0.2) is 13.1 Å². The van der Waals surface area contributed by atoms with Gasteiger partial charge >= 0.3 is 0 Å². The van der Waals surface area contributed by atoms with Gasteiger partial charge in [0.1, 0.15) is 17.3 Å². The third kappa shape index (κ3) is 4.04. The monoisotopic (exact) mass is 326 g/mol. The number of nitrogens with two attached hydrogens (primary N) is 1. The lowest BCUT2D eigenvalue weighted by molar-refractivity contribution is 0.323. The topological polar surface area (TPSA) is 81.4 Å². The second-order valence-corrected chi connectivity index (χ2v) is 7.10. The number of hydrogen-bond donors (Lipinski definition) is 2. The first-order valence-electron chi connectivity index (χ1n) is 6.49. The fraction of sp³-hybridized carbons (Fsp3) is 0.286. The van der Waals surface area contributed by atoms with E-state index in [2.05, 4.69) is 4.72 Å². The minimum absolute atomic E-state index is 0.205. The summed E-state index contributed by atoms with van der Waals surface area (Å²) in [5.41, 5.74) is 6.30. The molecule has 3 N–H and O–H groups in total. The molecule has 21 heavy (non-hydrogen) atoms. The van der Waals surface area contributed by atoms with Crippen LogP contribution < -0.4 is 15.2 Å². The Hall–Kier alpha value is -1.41. The van der Waals surface area contributed by atoms with Gasteiger partial charge in [-0.2, -0.15) is 0 Å². The van der Waals surface area contributed by atoms with Crippen LogP contribution in [0.3, 0.4) is 0 Å². The van der Waals surface area contributed by atoms with Crippen LogP contribution >= 0.6 is 11.3 Å². The predicted octanol–water partition coefficient (Wildman–Crippen LogP) is 1.87. The molecule has 0 amide bonds. The zero-order valence-corrected chi connectivity index (χ0v) is 13.3. The van der Waals surface area contributed by atoms with Crippen molar-refractivity contribution in [1.82, 2.24) is 4.72 Å². The lowest BCUT2D eigenvalue weighted by Gasteiger charge is -2.09. The average molecular weight is 326 g/mol. The Morgan fingerprint density at radius 1 is 1.29 bits per heavy atom. The number of sulfonamides is 1. The van der Waals surface area contributed by atoms with Crippen LogP contribution in [-0.2, 0) is 16.6 Å².